The van der Waals surface area contributed by atoms with Crippen LogP contribution in [0.5, 0.6) is 0 Å². The highest BCUT2D eigenvalue weighted by atomic mass is 32.2. The average molecular weight is 269 g/mol. The van der Waals surface area contributed by atoms with E-state index in [4.69, 9.17) is 0 Å². The van der Waals surface area contributed by atoms with E-state index in [1.807, 2.05) is 11.4 Å². The second kappa shape index (κ2) is 6.36. The Kier molecular flexibility index (Phi) is 4.51. The van der Waals surface area contributed by atoms with Crippen LogP contribution in [0.4, 0.5) is 0 Å². The highest BCUT2D eigenvalue weighted by Crippen LogP contribution is 2.16. The summed E-state index contributed by atoms with van der Waals surface area (Å²) in [4.78, 5) is 12.7. The highest BCUT2D eigenvalue weighted by molar-refractivity contribution is 7.99. The molecule has 2 heterocycles. The lowest BCUT2D eigenvalue weighted by Gasteiger charge is -2.01. The molecule has 2 aromatic heterocycles. The van der Waals surface area contributed by atoms with E-state index in [2.05, 4.69) is 32.0 Å². The lowest BCUT2D eigenvalue weighted by molar-refractivity contribution is -0.118. The molecule has 2 N–H and O–H groups in total. The fourth-order valence-electron chi connectivity index (χ4n) is 1.13. The number of hydrogen-bond acceptors (Lipinski definition) is 6. The Labute approximate surface area is 106 Å². The van der Waals surface area contributed by atoms with Gasteiger partial charge >= 0.3 is 0 Å². The van der Waals surface area contributed by atoms with Gasteiger partial charge in [-0.2, -0.15) is 5.21 Å². The van der Waals surface area contributed by atoms with Gasteiger partial charge in [0.25, 0.3) is 0 Å². The maximum atomic E-state index is 11.5. The fourth-order valence-corrected chi connectivity index (χ4v) is 2.82. The summed E-state index contributed by atoms with van der Waals surface area (Å²) in [6.07, 6.45) is 0. The fraction of sp³-hybridized carbons (Fsp3) is 0.333. The summed E-state index contributed by atoms with van der Waals surface area (Å²) in [5.41, 5.74) is 0. The number of thioether (sulfide) groups is 1. The molecule has 1 amide bonds. The van der Waals surface area contributed by atoms with Gasteiger partial charge in [0.05, 0.1) is 12.3 Å². The minimum absolute atomic E-state index is 0.0173. The Morgan fingerprint density at radius 3 is 3.24 bits per heavy atom. The molecule has 0 saturated carbocycles. The molecule has 0 fully saturated rings. The van der Waals surface area contributed by atoms with Crippen LogP contribution in [-0.4, -0.2) is 32.3 Å². The predicted octanol–water partition coefficient (Wildman–Crippen LogP) is 0.811. The Morgan fingerprint density at radius 1 is 1.59 bits per heavy atom. The first-order valence-electron chi connectivity index (χ1n) is 4.94. The molecule has 0 spiro atoms. The van der Waals surface area contributed by atoms with Crippen LogP contribution in [0.2, 0.25) is 0 Å². The molecule has 2 aromatic rings. The smallest absolute Gasteiger partial charge is 0.230 e. The number of aromatic amines is 1. The minimum Gasteiger partial charge on any atom is -0.348 e. The van der Waals surface area contributed by atoms with Crippen molar-refractivity contribution in [2.45, 2.75) is 12.3 Å². The number of aromatic nitrogens is 4. The van der Waals surface area contributed by atoms with E-state index in [1.54, 1.807) is 23.1 Å². The van der Waals surface area contributed by atoms with Crippen LogP contribution in [0.1, 0.15) is 10.7 Å². The van der Waals surface area contributed by atoms with Gasteiger partial charge in [0, 0.05) is 10.6 Å². The van der Waals surface area contributed by atoms with Gasteiger partial charge in [0.15, 0.2) is 5.82 Å². The number of rotatable bonds is 6. The maximum Gasteiger partial charge on any atom is 0.230 e. The maximum absolute atomic E-state index is 11.5. The van der Waals surface area contributed by atoms with Gasteiger partial charge in [0.1, 0.15) is 0 Å². The first-order chi connectivity index (χ1) is 8.34. The number of carbonyl (C=O) groups excluding carboxylic acids is 1. The molecule has 17 heavy (non-hydrogen) atoms. The molecule has 0 atom stereocenters. The molecule has 2 rings (SSSR count). The van der Waals surface area contributed by atoms with Crippen LogP contribution in [0.15, 0.2) is 17.5 Å². The first kappa shape index (κ1) is 12.1. The summed E-state index contributed by atoms with van der Waals surface area (Å²) in [5, 5.41) is 18.0. The third-order valence-electron chi connectivity index (χ3n) is 1.89. The van der Waals surface area contributed by atoms with Gasteiger partial charge in [-0.05, 0) is 11.4 Å². The standard InChI is InChI=1S/C9H11N5OS2/c15-9(10-4-8-11-13-14-12-8)6-16-5-7-2-1-3-17-7/h1-3H,4-6H2,(H,10,15)(H,11,12,13,14). The van der Waals surface area contributed by atoms with E-state index in [9.17, 15) is 4.79 Å². The monoisotopic (exact) mass is 269 g/mol. The molecule has 0 bridgehead atoms. The Balaban J connectivity index is 1.61. The molecule has 0 aliphatic carbocycles. The lowest BCUT2D eigenvalue weighted by Crippen LogP contribution is -2.25. The van der Waals surface area contributed by atoms with Crippen molar-refractivity contribution in [1.29, 1.82) is 0 Å². The highest BCUT2D eigenvalue weighted by Gasteiger charge is 2.04. The van der Waals surface area contributed by atoms with Gasteiger partial charge in [-0.3, -0.25) is 4.79 Å². The van der Waals surface area contributed by atoms with Gasteiger partial charge in [-0.15, -0.1) is 33.3 Å². The molecule has 6 nitrogen and oxygen atoms in total. The number of nitrogens with one attached hydrogen (secondary N) is 2. The molecule has 8 heteroatoms. The Morgan fingerprint density at radius 2 is 2.53 bits per heavy atom. The van der Waals surface area contributed by atoms with E-state index in [-0.39, 0.29) is 5.91 Å². The first-order valence-corrected chi connectivity index (χ1v) is 6.97. The van der Waals surface area contributed by atoms with Crippen LogP contribution in [0.3, 0.4) is 0 Å². The summed E-state index contributed by atoms with van der Waals surface area (Å²) >= 11 is 3.29. The number of carbonyl (C=O) groups is 1. The van der Waals surface area contributed by atoms with Crippen molar-refractivity contribution in [3.05, 3.63) is 28.2 Å². The van der Waals surface area contributed by atoms with Crippen LogP contribution in [-0.2, 0) is 17.1 Å². The molecule has 0 unspecified atom stereocenters. The molecule has 0 saturated heterocycles. The summed E-state index contributed by atoms with van der Waals surface area (Å²) in [6.45, 7) is 0.314. The van der Waals surface area contributed by atoms with Crippen LogP contribution >= 0.6 is 23.1 Å². The van der Waals surface area contributed by atoms with Crippen LogP contribution < -0.4 is 5.32 Å². The van der Waals surface area contributed by atoms with Gasteiger partial charge < -0.3 is 5.32 Å². The van der Waals surface area contributed by atoms with Crippen molar-refractivity contribution in [3.8, 4) is 0 Å². The summed E-state index contributed by atoms with van der Waals surface area (Å²) in [5.74, 6) is 1.78. The minimum atomic E-state index is -0.0173. The topological polar surface area (TPSA) is 83.6 Å². The third kappa shape index (κ3) is 4.16. The SMILES string of the molecule is O=C(CSCc1cccs1)NCc1nn[nH]n1. The number of nitrogens with zero attached hydrogens (tertiary/aromatic N) is 3. The van der Waals surface area contributed by atoms with Gasteiger partial charge in [0.2, 0.25) is 5.91 Å². The number of tetrazole rings is 1. The van der Waals surface area contributed by atoms with Crippen molar-refractivity contribution in [3.63, 3.8) is 0 Å². The number of amides is 1. The summed E-state index contributed by atoms with van der Waals surface area (Å²) in [6, 6.07) is 4.08. The van der Waals surface area contributed by atoms with Crippen LogP contribution in [0.25, 0.3) is 0 Å². The zero-order valence-corrected chi connectivity index (χ0v) is 10.6. The van der Waals surface area contributed by atoms with E-state index >= 15 is 0 Å². The van der Waals surface area contributed by atoms with E-state index < -0.39 is 0 Å². The van der Waals surface area contributed by atoms with Gasteiger partial charge in [-0.1, -0.05) is 11.3 Å². The lowest BCUT2D eigenvalue weighted by atomic mass is 10.5. The molecule has 0 aliphatic heterocycles. The van der Waals surface area contributed by atoms with E-state index in [0.29, 0.717) is 18.1 Å². The predicted molar refractivity (Wildman–Crippen MR) is 66.5 cm³/mol. The summed E-state index contributed by atoms with van der Waals surface area (Å²) < 4.78 is 0. The normalized spacial score (nSPS) is 10.4. The molecule has 0 radical (unpaired) electrons. The molecular formula is C9H11N5OS2. The van der Waals surface area contributed by atoms with E-state index in [0.717, 1.165) is 5.75 Å². The second-order valence-corrected chi connectivity index (χ2v) is 5.19. The quantitative estimate of drug-likeness (QED) is 0.811. The molecule has 0 aromatic carbocycles. The number of thiophene rings is 1. The average Bonchev–Trinajstić information content (AvgIpc) is 2.99. The van der Waals surface area contributed by atoms with Crippen molar-refractivity contribution in [2.24, 2.45) is 0 Å². The second-order valence-electron chi connectivity index (χ2n) is 3.18. The third-order valence-corrected chi connectivity index (χ3v) is 3.93. The van der Waals surface area contributed by atoms with Crippen molar-refractivity contribution >= 4 is 29.0 Å². The van der Waals surface area contributed by atoms with Crippen molar-refractivity contribution in [1.82, 2.24) is 25.9 Å². The Hall–Kier alpha value is -1.41. The van der Waals surface area contributed by atoms with Crippen LogP contribution in [0, 0.1) is 0 Å². The van der Waals surface area contributed by atoms with E-state index in [1.165, 1.54) is 4.88 Å². The number of hydrogen-bond donors (Lipinski definition) is 2. The zero-order valence-electron chi connectivity index (χ0n) is 8.92. The zero-order chi connectivity index (χ0) is 11.9. The van der Waals surface area contributed by atoms with Crippen molar-refractivity contribution < 1.29 is 4.79 Å². The largest absolute Gasteiger partial charge is 0.348 e. The Bertz CT molecular complexity index is 442. The molecule has 90 valence electrons. The molecule has 0 aliphatic rings. The van der Waals surface area contributed by atoms with Gasteiger partial charge in [-0.25, -0.2) is 0 Å². The number of H-pyrrole nitrogens is 1. The summed E-state index contributed by atoms with van der Waals surface area (Å²) in [7, 11) is 0. The van der Waals surface area contributed by atoms with Crippen molar-refractivity contribution in [2.75, 3.05) is 5.75 Å². The molecular weight excluding hydrogens is 258 g/mol.